The molecule has 96 valence electrons. The Bertz CT molecular complexity index is 535. The maximum absolute atomic E-state index is 12.5. The average Bonchev–Trinajstić information content (AvgIpc) is 3.03. The second-order valence-corrected chi connectivity index (χ2v) is 6.14. The second kappa shape index (κ2) is 4.50. The molecule has 3 rings (SSSR count). The molecule has 0 radical (unpaired) electrons. The van der Waals surface area contributed by atoms with E-state index in [1.165, 1.54) is 12.8 Å². The molecular formula is C14H18N2OS. The van der Waals surface area contributed by atoms with Gasteiger partial charge in [0.05, 0.1) is 12.1 Å². The molecule has 3 nitrogen and oxygen atoms in total. The molecular weight excluding hydrogens is 244 g/mol. The molecule has 2 aromatic heterocycles. The summed E-state index contributed by atoms with van der Waals surface area (Å²) < 4.78 is 2.00. The van der Waals surface area contributed by atoms with E-state index < -0.39 is 0 Å². The van der Waals surface area contributed by atoms with Gasteiger partial charge < -0.3 is 0 Å². The number of hydrogen-bond donors (Lipinski definition) is 0. The van der Waals surface area contributed by atoms with E-state index in [1.54, 1.807) is 11.3 Å². The van der Waals surface area contributed by atoms with Gasteiger partial charge in [-0.25, -0.2) is 4.98 Å². The third-order valence-electron chi connectivity index (χ3n) is 4.31. The smallest absolute Gasteiger partial charge is 0.193 e. The van der Waals surface area contributed by atoms with Crippen molar-refractivity contribution in [3.63, 3.8) is 0 Å². The van der Waals surface area contributed by atoms with Crippen molar-refractivity contribution in [3.05, 3.63) is 23.5 Å². The number of hydrogen-bond acceptors (Lipinski definition) is 3. The van der Waals surface area contributed by atoms with Crippen LogP contribution >= 0.6 is 11.3 Å². The zero-order chi connectivity index (χ0) is 12.6. The monoisotopic (exact) mass is 262 g/mol. The standard InChI is InChI=1S/C14H18N2OS/c1-2-14(5-3-4-6-14)12(17)9-11-10-16-7-8-18-13(16)15-11/h7-8,10H,2-6,9H2,1H3. The molecule has 4 heteroatoms. The van der Waals surface area contributed by atoms with Gasteiger partial charge in [0, 0.05) is 23.2 Å². The van der Waals surface area contributed by atoms with Gasteiger partial charge in [0.25, 0.3) is 0 Å². The van der Waals surface area contributed by atoms with Crippen LogP contribution in [0.25, 0.3) is 4.96 Å². The molecule has 1 saturated carbocycles. The average molecular weight is 262 g/mol. The summed E-state index contributed by atoms with van der Waals surface area (Å²) in [6.45, 7) is 2.15. The molecule has 0 saturated heterocycles. The third kappa shape index (κ3) is 1.88. The molecule has 0 bridgehead atoms. The lowest BCUT2D eigenvalue weighted by Crippen LogP contribution is -2.28. The Morgan fingerprint density at radius 2 is 2.28 bits per heavy atom. The lowest BCUT2D eigenvalue weighted by Gasteiger charge is -2.25. The van der Waals surface area contributed by atoms with Crippen LogP contribution in [0.1, 0.15) is 44.7 Å². The van der Waals surface area contributed by atoms with Crippen LogP contribution in [0.3, 0.4) is 0 Å². The number of aromatic nitrogens is 2. The Morgan fingerprint density at radius 1 is 1.50 bits per heavy atom. The highest BCUT2D eigenvalue weighted by Crippen LogP contribution is 2.42. The molecule has 0 aliphatic heterocycles. The van der Waals surface area contributed by atoms with Crippen LogP contribution < -0.4 is 0 Å². The molecule has 2 aromatic rings. The minimum atomic E-state index is -0.0446. The number of carbonyl (C=O) groups is 1. The van der Waals surface area contributed by atoms with Gasteiger partial charge in [-0.15, -0.1) is 11.3 Å². The summed E-state index contributed by atoms with van der Waals surface area (Å²) in [5.74, 6) is 0.397. The highest BCUT2D eigenvalue weighted by Gasteiger charge is 2.38. The Kier molecular flexibility index (Phi) is 2.98. The van der Waals surface area contributed by atoms with Gasteiger partial charge in [-0.2, -0.15) is 0 Å². The van der Waals surface area contributed by atoms with E-state index in [-0.39, 0.29) is 5.41 Å². The molecule has 0 atom stereocenters. The second-order valence-electron chi connectivity index (χ2n) is 5.27. The van der Waals surface area contributed by atoms with Crippen molar-refractivity contribution in [2.75, 3.05) is 0 Å². The predicted molar refractivity (Wildman–Crippen MR) is 73.0 cm³/mol. The normalized spacial score (nSPS) is 18.5. The van der Waals surface area contributed by atoms with Gasteiger partial charge in [-0.05, 0) is 19.3 Å². The molecule has 0 amide bonds. The van der Waals surface area contributed by atoms with Crippen molar-refractivity contribution in [2.24, 2.45) is 5.41 Å². The van der Waals surface area contributed by atoms with Gasteiger partial charge in [-0.3, -0.25) is 9.20 Å². The lowest BCUT2D eigenvalue weighted by molar-refractivity contribution is -0.128. The van der Waals surface area contributed by atoms with Crippen molar-refractivity contribution in [2.45, 2.75) is 45.4 Å². The van der Waals surface area contributed by atoms with Crippen LogP contribution in [0.15, 0.2) is 17.8 Å². The van der Waals surface area contributed by atoms with Gasteiger partial charge in [-0.1, -0.05) is 19.8 Å². The number of ketones is 1. The number of Topliss-reactive ketones (excluding diaryl/α,β-unsaturated/α-hetero) is 1. The first-order valence-corrected chi connectivity index (χ1v) is 7.56. The first-order valence-electron chi connectivity index (χ1n) is 6.68. The van der Waals surface area contributed by atoms with Gasteiger partial charge in [0.1, 0.15) is 5.78 Å². The molecule has 0 unspecified atom stereocenters. The number of nitrogens with zero attached hydrogens (tertiary/aromatic N) is 2. The molecule has 1 aliphatic carbocycles. The van der Waals surface area contributed by atoms with Crippen LogP contribution in [0.4, 0.5) is 0 Å². The van der Waals surface area contributed by atoms with Crippen LogP contribution in [-0.2, 0) is 11.2 Å². The molecule has 1 fully saturated rings. The first-order chi connectivity index (χ1) is 8.73. The fraction of sp³-hybridized carbons (Fsp3) is 0.571. The largest absolute Gasteiger partial charge is 0.299 e. The topological polar surface area (TPSA) is 34.4 Å². The van der Waals surface area contributed by atoms with E-state index >= 15 is 0 Å². The summed E-state index contributed by atoms with van der Waals surface area (Å²) in [5.41, 5.74) is 0.878. The number of imidazole rings is 1. The minimum Gasteiger partial charge on any atom is -0.299 e. The van der Waals surface area contributed by atoms with Crippen LogP contribution in [-0.4, -0.2) is 15.2 Å². The van der Waals surface area contributed by atoms with Gasteiger partial charge >= 0.3 is 0 Å². The zero-order valence-electron chi connectivity index (χ0n) is 10.7. The third-order valence-corrected chi connectivity index (χ3v) is 5.08. The van der Waals surface area contributed by atoms with Crippen molar-refractivity contribution in [1.82, 2.24) is 9.38 Å². The summed E-state index contributed by atoms with van der Waals surface area (Å²) in [5, 5.41) is 2.01. The number of fused-ring (bicyclic) bond motifs is 1. The summed E-state index contributed by atoms with van der Waals surface area (Å²) >= 11 is 1.61. The quantitative estimate of drug-likeness (QED) is 0.845. The Hall–Kier alpha value is -1.16. The highest BCUT2D eigenvalue weighted by atomic mass is 32.1. The van der Waals surface area contributed by atoms with E-state index in [9.17, 15) is 4.79 Å². The van der Waals surface area contributed by atoms with Gasteiger partial charge in [0.15, 0.2) is 4.96 Å². The Labute approximate surface area is 111 Å². The molecule has 0 N–H and O–H groups in total. The summed E-state index contributed by atoms with van der Waals surface area (Å²) in [7, 11) is 0. The van der Waals surface area contributed by atoms with E-state index in [0.29, 0.717) is 12.2 Å². The van der Waals surface area contributed by atoms with Crippen LogP contribution in [0, 0.1) is 5.41 Å². The number of carbonyl (C=O) groups excluding carboxylic acids is 1. The Morgan fingerprint density at radius 3 is 2.94 bits per heavy atom. The highest BCUT2D eigenvalue weighted by molar-refractivity contribution is 7.15. The SMILES string of the molecule is CCC1(C(=O)Cc2cn3ccsc3n2)CCCC1. The van der Waals surface area contributed by atoms with Crippen molar-refractivity contribution in [1.29, 1.82) is 0 Å². The van der Waals surface area contributed by atoms with E-state index in [0.717, 1.165) is 29.9 Å². The fourth-order valence-corrected chi connectivity index (χ4v) is 3.81. The van der Waals surface area contributed by atoms with Crippen molar-refractivity contribution >= 4 is 22.1 Å². The summed E-state index contributed by atoms with van der Waals surface area (Å²) in [6, 6.07) is 0. The van der Waals surface area contributed by atoms with Crippen molar-refractivity contribution in [3.8, 4) is 0 Å². The molecule has 2 heterocycles. The van der Waals surface area contributed by atoms with E-state index in [2.05, 4.69) is 11.9 Å². The number of rotatable bonds is 4. The maximum Gasteiger partial charge on any atom is 0.193 e. The fourth-order valence-electron chi connectivity index (χ4n) is 3.09. The molecule has 18 heavy (non-hydrogen) atoms. The maximum atomic E-state index is 12.5. The first kappa shape index (κ1) is 11.9. The molecule has 0 spiro atoms. The minimum absolute atomic E-state index is 0.0446. The molecule has 0 aromatic carbocycles. The predicted octanol–water partition coefficient (Wildman–Crippen LogP) is 3.48. The summed E-state index contributed by atoms with van der Waals surface area (Å²) in [4.78, 5) is 18.0. The Balaban J connectivity index is 1.79. The van der Waals surface area contributed by atoms with Crippen LogP contribution in [0.2, 0.25) is 0 Å². The number of thiazole rings is 1. The van der Waals surface area contributed by atoms with E-state index in [1.807, 2.05) is 22.2 Å². The van der Waals surface area contributed by atoms with Crippen LogP contribution in [0.5, 0.6) is 0 Å². The summed E-state index contributed by atoms with van der Waals surface area (Å²) in [6.07, 6.45) is 10.0. The molecule has 1 aliphatic rings. The zero-order valence-corrected chi connectivity index (χ0v) is 11.5. The van der Waals surface area contributed by atoms with Crippen molar-refractivity contribution < 1.29 is 4.79 Å². The van der Waals surface area contributed by atoms with E-state index in [4.69, 9.17) is 0 Å². The lowest BCUT2D eigenvalue weighted by atomic mass is 9.77. The van der Waals surface area contributed by atoms with Gasteiger partial charge in [0.2, 0.25) is 0 Å².